The van der Waals surface area contributed by atoms with Crippen LogP contribution in [0.1, 0.15) is 12.6 Å². The van der Waals surface area contributed by atoms with Crippen LogP contribution in [0, 0.1) is 0 Å². The Morgan fingerprint density at radius 2 is 2.14 bits per heavy atom. The molecular formula is C16H16N2O2S. The molecule has 0 radical (unpaired) electrons. The van der Waals surface area contributed by atoms with Gasteiger partial charge in [-0.15, -0.1) is 11.3 Å². The number of nitrogens with zero attached hydrogens (tertiary/aromatic N) is 2. The Morgan fingerprint density at radius 3 is 2.81 bits per heavy atom. The summed E-state index contributed by atoms with van der Waals surface area (Å²) < 4.78 is 7.58. The van der Waals surface area contributed by atoms with E-state index in [1.807, 2.05) is 41.0 Å². The third-order valence-electron chi connectivity index (χ3n) is 3.12. The average molecular weight is 300 g/mol. The van der Waals surface area contributed by atoms with Crippen molar-refractivity contribution in [3.05, 3.63) is 53.7 Å². The molecule has 0 saturated heterocycles. The second-order valence-electron chi connectivity index (χ2n) is 4.92. The molecule has 0 bridgehead atoms. The third-order valence-corrected chi connectivity index (χ3v) is 3.96. The standard InChI is InChI=1S/C16H16N2O2S/c1-11(2)9-20-14-5-3-12(4-6-14)15-10-21-16-17-7-13(8-19)18(15)16/h3-7,10,19H,1,8-9H2,2H3. The zero-order valence-corrected chi connectivity index (χ0v) is 12.6. The van der Waals surface area contributed by atoms with E-state index in [-0.39, 0.29) is 6.61 Å². The number of thiazole rings is 1. The van der Waals surface area contributed by atoms with Gasteiger partial charge in [0.25, 0.3) is 0 Å². The quantitative estimate of drug-likeness (QED) is 0.733. The van der Waals surface area contributed by atoms with Gasteiger partial charge in [-0.05, 0) is 42.3 Å². The Balaban J connectivity index is 1.92. The molecule has 0 spiro atoms. The van der Waals surface area contributed by atoms with Gasteiger partial charge in [0.15, 0.2) is 4.96 Å². The van der Waals surface area contributed by atoms with E-state index in [1.165, 1.54) is 0 Å². The first-order valence-electron chi connectivity index (χ1n) is 6.61. The molecule has 2 aromatic heterocycles. The molecule has 0 fully saturated rings. The van der Waals surface area contributed by atoms with Crippen LogP contribution in [-0.2, 0) is 6.61 Å². The van der Waals surface area contributed by atoms with E-state index in [0.717, 1.165) is 33.2 Å². The highest BCUT2D eigenvalue weighted by Gasteiger charge is 2.11. The lowest BCUT2D eigenvalue weighted by Crippen LogP contribution is -1.97. The average Bonchev–Trinajstić information content (AvgIpc) is 3.07. The molecule has 2 heterocycles. The van der Waals surface area contributed by atoms with Gasteiger partial charge in [0.05, 0.1) is 24.2 Å². The lowest BCUT2D eigenvalue weighted by atomic mass is 10.1. The highest BCUT2D eigenvalue weighted by molar-refractivity contribution is 7.15. The molecule has 21 heavy (non-hydrogen) atoms. The molecule has 0 aliphatic carbocycles. The third kappa shape index (κ3) is 2.70. The van der Waals surface area contributed by atoms with Crippen molar-refractivity contribution in [3.63, 3.8) is 0 Å². The van der Waals surface area contributed by atoms with Crippen LogP contribution in [-0.4, -0.2) is 21.1 Å². The fourth-order valence-electron chi connectivity index (χ4n) is 2.11. The molecule has 0 unspecified atom stereocenters. The Kier molecular flexibility index (Phi) is 3.77. The minimum atomic E-state index is -0.0231. The molecule has 0 aliphatic rings. The summed E-state index contributed by atoms with van der Waals surface area (Å²) in [5.41, 5.74) is 3.88. The smallest absolute Gasteiger partial charge is 0.194 e. The molecule has 1 aromatic carbocycles. The van der Waals surface area contributed by atoms with Crippen molar-refractivity contribution < 1.29 is 9.84 Å². The number of fused-ring (bicyclic) bond motifs is 1. The summed E-state index contributed by atoms with van der Waals surface area (Å²) in [5, 5.41) is 11.4. The van der Waals surface area contributed by atoms with Gasteiger partial charge in [-0.1, -0.05) is 6.58 Å². The first-order valence-corrected chi connectivity index (χ1v) is 7.49. The van der Waals surface area contributed by atoms with Crippen LogP contribution < -0.4 is 4.74 Å². The zero-order valence-electron chi connectivity index (χ0n) is 11.7. The van der Waals surface area contributed by atoms with Crippen LogP contribution in [0.3, 0.4) is 0 Å². The van der Waals surface area contributed by atoms with Gasteiger partial charge in [0, 0.05) is 5.38 Å². The highest BCUT2D eigenvalue weighted by atomic mass is 32.1. The highest BCUT2D eigenvalue weighted by Crippen LogP contribution is 2.28. The van der Waals surface area contributed by atoms with Gasteiger partial charge >= 0.3 is 0 Å². The van der Waals surface area contributed by atoms with Crippen molar-refractivity contribution in [3.8, 4) is 17.0 Å². The molecule has 5 heteroatoms. The number of rotatable bonds is 5. The van der Waals surface area contributed by atoms with E-state index in [9.17, 15) is 5.11 Å². The van der Waals surface area contributed by atoms with E-state index in [2.05, 4.69) is 11.6 Å². The molecule has 108 valence electrons. The Labute approximate surface area is 127 Å². The predicted molar refractivity (Wildman–Crippen MR) is 84.7 cm³/mol. The topological polar surface area (TPSA) is 46.8 Å². The summed E-state index contributed by atoms with van der Waals surface area (Å²) in [7, 11) is 0. The maximum atomic E-state index is 9.40. The van der Waals surface area contributed by atoms with Crippen LogP contribution in [0.25, 0.3) is 16.2 Å². The number of benzene rings is 1. The van der Waals surface area contributed by atoms with E-state index < -0.39 is 0 Å². The van der Waals surface area contributed by atoms with Crippen LogP contribution in [0.5, 0.6) is 5.75 Å². The Bertz CT molecular complexity index is 771. The molecule has 0 aliphatic heterocycles. The number of aliphatic hydroxyl groups excluding tert-OH is 1. The molecule has 0 amide bonds. The van der Waals surface area contributed by atoms with Gasteiger partial charge in [-0.25, -0.2) is 4.98 Å². The molecule has 4 nitrogen and oxygen atoms in total. The normalized spacial score (nSPS) is 11.0. The zero-order chi connectivity index (χ0) is 14.8. The number of aromatic nitrogens is 2. The largest absolute Gasteiger partial charge is 0.489 e. The summed E-state index contributed by atoms with van der Waals surface area (Å²) in [6, 6.07) is 7.90. The van der Waals surface area contributed by atoms with E-state index >= 15 is 0 Å². The van der Waals surface area contributed by atoms with Crippen LogP contribution in [0.2, 0.25) is 0 Å². The molecule has 3 aromatic rings. The number of hydrogen-bond acceptors (Lipinski definition) is 4. The van der Waals surface area contributed by atoms with Gasteiger partial charge in [0.1, 0.15) is 12.4 Å². The number of aliphatic hydroxyl groups is 1. The molecule has 0 saturated carbocycles. The SMILES string of the molecule is C=C(C)COc1ccc(-c2csc3ncc(CO)n23)cc1. The van der Waals surface area contributed by atoms with Crippen molar-refractivity contribution >= 4 is 16.3 Å². The van der Waals surface area contributed by atoms with Gasteiger partial charge in [-0.3, -0.25) is 4.40 Å². The van der Waals surface area contributed by atoms with Crippen molar-refractivity contribution in [2.75, 3.05) is 6.61 Å². The summed E-state index contributed by atoms with van der Waals surface area (Å²) in [6.45, 7) is 6.26. The summed E-state index contributed by atoms with van der Waals surface area (Å²) in [5.74, 6) is 0.821. The summed E-state index contributed by atoms with van der Waals surface area (Å²) in [6.07, 6.45) is 1.71. The first kappa shape index (κ1) is 13.9. The summed E-state index contributed by atoms with van der Waals surface area (Å²) in [4.78, 5) is 5.17. The number of hydrogen-bond donors (Lipinski definition) is 1. The van der Waals surface area contributed by atoms with Crippen LogP contribution in [0.4, 0.5) is 0 Å². The van der Waals surface area contributed by atoms with Crippen LogP contribution >= 0.6 is 11.3 Å². The van der Waals surface area contributed by atoms with Gasteiger partial charge in [-0.2, -0.15) is 0 Å². The van der Waals surface area contributed by atoms with Crippen LogP contribution in [0.15, 0.2) is 48.0 Å². The Hall–Kier alpha value is -2.11. The fraction of sp³-hybridized carbons (Fsp3) is 0.188. The number of ether oxygens (including phenoxy) is 1. The predicted octanol–water partition coefficient (Wildman–Crippen LogP) is 3.51. The monoisotopic (exact) mass is 300 g/mol. The van der Waals surface area contributed by atoms with Crippen molar-refractivity contribution in [2.45, 2.75) is 13.5 Å². The molecule has 0 atom stereocenters. The fourth-order valence-corrected chi connectivity index (χ4v) is 3.00. The second kappa shape index (κ2) is 5.71. The minimum absolute atomic E-state index is 0.0231. The van der Waals surface area contributed by atoms with Crippen molar-refractivity contribution in [1.29, 1.82) is 0 Å². The molecule has 3 rings (SSSR count). The maximum Gasteiger partial charge on any atom is 0.194 e. The lowest BCUT2D eigenvalue weighted by molar-refractivity contribution is 0.276. The summed E-state index contributed by atoms with van der Waals surface area (Å²) >= 11 is 1.56. The van der Waals surface area contributed by atoms with Crippen molar-refractivity contribution in [2.24, 2.45) is 0 Å². The first-order chi connectivity index (χ1) is 10.2. The number of imidazole rings is 1. The maximum absolute atomic E-state index is 9.40. The van der Waals surface area contributed by atoms with Gasteiger partial charge in [0.2, 0.25) is 0 Å². The molecule has 1 N–H and O–H groups in total. The Morgan fingerprint density at radius 1 is 1.38 bits per heavy atom. The molecular weight excluding hydrogens is 284 g/mol. The van der Waals surface area contributed by atoms with Crippen molar-refractivity contribution in [1.82, 2.24) is 9.38 Å². The van der Waals surface area contributed by atoms with E-state index in [0.29, 0.717) is 6.61 Å². The minimum Gasteiger partial charge on any atom is -0.489 e. The van der Waals surface area contributed by atoms with Gasteiger partial charge < -0.3 is 9.84 Å². The van der Waals surface area contributed by atoms with E-state index in [4.69, 9.17) is 4.74 Å². The lowest BCUT2D eigenvalue weighted by Gasteiger charge is -2.07. The second-order valence-corrected chi connectivity index (χ2v) is 5.75. The van der Waals surface area contributed by atoms with E-state index in [1.54, 1.807) is 17.5 Å².